The summed E-state index contributed by atoms with van der Waals surface area (Å²) in [6.45, 7) is 3.11. The third-order valence-corrected chi connectivity index (χ3v) is 4.93. The summed E-state index contributed by atoms with van der Waals surface area (Å²) in [6.07, 6.45) is 0. The maximum Gasteiger partial charge on any atom is 0.231 e. The van der Waals surface area contributed by atoms with Crippen LogP contribution in [0.4, 0.5) is 11.4 Å². The fraction of sp³-hybridized carbons (Fsp3) is 0.190. The van der Waals surface area contributed by atoms with Gasteiger partial charge < -0.3 is 10.2 Å². The van der Waals surface area contributed by atoms with Crippen LogP contribution in [0.1, 0.15) is 12.5 Å². The Hall–Kier alpha value is -2.52. The van der Waals surface area contributed by atoms with Gasteiger partial charge in [-0.05, 0) is 40.6 Å². The average Bonchev–Trinajstić information content (AvgIpc) is 2.74. The lowest BCUT2D eigenvalue weighted by Crippen LogP contribution is -2.34. The summed E-state index contributed by atoms with van der Waals surface area (Å²) in [7, 11) is 0. The number of nitrogens with zero attached hydrogens (tertiary/aromatic N) is 1. The van der Waals surface area contributed by atoms with E-state index in [1.165, 1.54) is 10.8 Å². The van der Waals surface area contributed by atoms with Crippen molar-refractivity contribution < 1.29 is 4.79 Å². The molecule has 4 heteroatoms. The number of benzene rings is 3. The van der Waals surface area contributed by atoms with E-state index in [1.807, 2.05) is 42.2 Å². The van der Waals surface area contributed by atoms with Gasteiger partial charge in [-0.3, -0.25) is 4.79 Å². The van der Waals surface area contributed by atoms with Crippen molar-refractivity contribution in [2.45, 2.75) is 13.5 Å². The standard InChI is InChI=1S/C21H19ClN2O/c1-14-12-23-19-11-18(22)8-9-20(19)24(21(14)25)13-15-6-7-16-4-2-3-5-17(16)10-15/h2-11,14,23H,12-13H2,1H3. The molecular formula is C21H19ClN2O. The van der Waals surface area contributed by atoms with E-state index < -0.39 is 0 Å². The number of hydrogen-bond acceptors (Lipinski definition) is 2. The minimum atomic E-state index is -0.0911. The zero-order valence-corrected chi connectivity index (χ0v) is 14.8. The Morgan fingerprint density at radius 2 is 1.88 bits per heavy atom. The van der Waals surface area contributed by atoms with E-state index in [0.717, 1.165) is 16.9 Å². The van der Waals surface area contributed by atoms with E-state index in [0.29, 0.717) is 18.1 Å². The Balaban J connectivity index is 1.74. The van der Waals surface area contributed by atoms with E-state index in [1.54, 1.807) is 0 Å². The molecule has 1 amide bonds. The van der Waals surface area contributed by atoms with Crippen LogP contribution in [-0.4, -0.2) is 12.5 Å². The van der Waals surface area contributed by atoms with E-state index in [4.69, 9.17) is 11.6 Å². The third-order valence-electron chi connectivity index (χ3n) is 4.69. The number of hydrogen-bond donors (Lipinski definition) is 1. The zero-order chi connectivity index (χ0) is 17.4. The number of carbonyl (C=O) groups is 1. The first-order valence-corrected chi connectivity index (χ1v) is 8.82. The van der Waals surface area contributed by atoms with Crippen LogP contribution in [0, 0.1) is 5.92 Å². The normalized spacial score (nSPS) is 17.1. The van der Waals surface area contributed by atoms with Crippen LogP contribution in [-0.2, 0) is 11.3 Å². The van der Waals surface area contributed by atoms with E-state index in [9.17, 15) is 4.79 Å². The summed E-state index contributed by atoms with van der Waals surface area (Å²) in [6, 6.07) is 20.3. The highest BCUT2D eigenvalue weighted by atomic mass is 35.5. The molecule has 0 aromatic heterocycles. The van der Waals surface area contributed by atoms with Crippen molar-refractivity contribution in [2.24, 2.45) is 5.92 Å². The number of amides is 1. The molecule has 1 atom stereocenters. The van der Waals surface area contributed by atoms with Gasteiger partial charge in [0.25, 0.3) is 0 Å². The summed E-state index contributed by atoms with van der Waals surface area (Å²) in [4.78, 5) is 14.8. The minimum absolute atomic E-state index is 0.0911. The number of rotatable bonds is 2. The van der Waals surface area contributed by atoms with Crippen LogP contribution in [0.25, 0.3) is 10.8 Å². The van der Waals surface area contributed by atoms with Gasteiger partial charge in [0.05, 0.1) is 23.8 Å². The van der Waals surface area contributed by atoms with Crippen molar-refractivity contribution in [3.63, 3.8) is 0 Å². The first kappa shape index (κ1) is 16.0. The van der Waals surface area contributed by atoms with Crippen molar-refractivity contribution in [1.29, 1.82) is 0 Å². The van der Waals surface area contributed by atoms with E-state index >= 15 is 0 Å². The number of fused-ring (bicyclic) bond motifs is 2. The van der Waals surface area contributed by atoms with Gasteiger partial charge in [0.1, 0.15) is 0 Å². The highest BCUT2D eigenvalue weighted by molar-refractivity contribution is 6.31. The zero-order valence-electron chi connectivity index (χ0n) is 14.0. The molecule has 0 radical (unpaired) electrons. The van der Waals surface area contributed by atoms with Crippen molar-refractivity contribution in [3.05, 3.63) is 71.2 Å². The minimum Gasteiger partial charge on any atom is -0.383 e. The monoisotopic (exact) mass is 350 g/mol. The molecule has 1 N–H and O–H groups in total. The molecule has 126 valence electrons. The van der Waals surface area contributed by atoms with Crippen molar-refractivity contribution >= 4 is 39.7 Å². The van der Waals surface area contributed by atoms with Gasteiger partial charge in [-0.25, -0.2) is 0 Å². The summed E-state index contributed by atoms with van der Waals surface area (Å²) in [5, 5.41) is 6.40. The predicted molar refractivity (Wildman–Crippen MR) is 104 cm³/mol. The van der Waals surface area contributed by atoms with E-state index in [2.05, 4.69) is 35.6 Å². The number of halogens is 1. The van der Waals surface area contributed by atoms with Crippen molar-refractivity contribution in [3.8, 4) is 0 Å². The molecule has 4 rings (SSSR count). The fourth-order valence-electron chi connectivity index (χ4n) is 3.30. The molecule has 1 aliphatic rings. The average molecular weight is 351 g/mol. The first-order valence-electron chi connectivity index (χ1n) is 8.44. The molecule has 0 aliphatic carbocycles. The second kappa shape index (κ2) is 6.41. The van der Waals surface area contributed by atoms with Crippen LogP contribution in [0.2, 0.25) is 5.02 Å². The Morgan fingerprint density at radius 3 is 2.72 bits per heavy atom. The number of carbonyl (C=O) groups excluding carboxylic acids is 1. The molecular weight excluding hydrogens is 332 g/mol. The summed E-state index contributed by atoms with van der Waals surface area (Å²) in [5.74, 6) is 0.0355. The predicted octanol–water partition coefficient (Wildman–Crippen LogP) is 5.09. The Bertz CT molecular complexity index is 954. The lowest BCUT2D eigenvalue weighted by Gasteiger charge is -2.24. The van der Waals surface area contributed by atoms with Gasteiger partial charge in [0, 0.05) is 11.6 Å². The SMILES string of the molecule is CC1CNc2cc(Cl)ccc2N(Cc2ccc3ccccc3c2)C1=O. The Kier molecular flexibility index (Phi) is 4.10. The Labute approximate surface area is 152 Å². The highest BCUT2D eigenvalue weighted by Crippen LogP contribution is 2.34. The summed E-state index contributed by atoms with van der Waals surface area (Å²) in [5.41, 5.74) is 2.90. The maximum atomic E-state index is 12.9. The lowest BCUT2D eigenvalue weighted by molar-refractivity contribution is -0.121. The topological polar surface area (TPSA) is 32.3 Å². The molecule has 1 unspecified atom stereocenters. The van der Waals surface area contributed by atoms with Gasteiger partial charge >= 0.3 is 0 Å². The van der Waals surface area contributed by atoms with E-state index in [-0.39, 0.29) is 11.8 Å². The molecule has 0 saturated heterocycles. The van der Waals surface area contributed by atoms with Crippen molar-refractivity contribution in [1.82, 2.24) is 0 Å². The van der Waals surface area contributed by atoms with Crippen LogP contribution in [0.3, 0.4) is 0 Å². The van der Waals surface area contributed by atoms with Gasteiger partial charge in [-0.15, -0.1) is 0 Å². The number of nitrogens with one attached hydrogen (secondary N) is 1. The van der Waals surface area contributed by atoms with Crippen molar-refractivity contribution in [2.75, 3.05) is 16.8 Å². The summed E-state index contributed by atoms with van der Waals surface area (Å²) < 4.78 is 0. The quantitative estimate of drug-likeness (QED) is 0.698. The molecule has 3 aromatic rings. The molecule has 25 heavy (non-hydrogen) atoms. The molecule has 0 saturated carbocycles. The lowest BCUT2D eigenvalue weighted by atomic mass is 10.1. The smallest absolute Gasteiger partial charge is 0.231 e. The van der Waals surface area contributed by atoms with Crippen LogP contribution < -0.4 is 10.2 Å². The first-order chi connectivity index (χ1) is 12.1. The second-order valence-corrected chi connectivity index (χ2v) is 6.99. The molecule has 3 aromatic carbocycles. The largest absolute Gasteiger partial charge is 0.383 e. The second-order valence-electron chi connectivity index (χ2n) is 6.55. The van der Waals surface area contributed by atoms with Crippen LogP contribution >= 0.6 is 11.6 Å². The highest BCUT2D eigenvalue weighted by Gasteiger charge is 2.27. The molecule has 3 nitrogen and oxygen atoms in total. The van der Waals surface area contributed by atoms with Gasteiger partial charge in [0.2, 0.25) is 5.91 Å². The van der Waals surface area contributed by atoms with Gasteiger partial charge in [0.15, 0.2) is 0 Å². The van der Waals surface area contributed by atoms with Crippen LogP contribution in [0.5, 0.6) is 0 Å². The molecule has 1 heterocycles. The van der Waals surface area contributed by atoms with Gasteiger partial charge in [-0.1, -0.05) is 54.9 Å². The summed E-state index contributed by atoms with van der Waals surface area (Å²) >= 11 is 6.13. The fourth-order valence-corrected chi connectivity index (χ4v) is 3.48. The Morgan fingerprint density at radius 1 is 1.08 bits per heavy atom. The molecule has 0 spiro atoms. The van der Waals surface area contributed by atoms with Crippen LogP contribution in [0.15, 0.2) is 60.7 Å². The number of anilines is 2. The molecule has 0 bridgehead atoms. The molecule has 1 aliphatic heterocycles. The third kappa shape index (κ3) is 3.08. The molecule has 0 fully saturated rings. The van der Waals surface area contributed by atoms with Gasteiger partial charge in [-0.2, -0.15) is 0 Å². The maximum absolute atomic E-state index is 12.9.